The molecule has 0 radical (unpaired) electrons. The highest BCUT2D eigenvalue weighted by atomic mass is 32.1. The third-order valence-corrected chi connectivity index (χ3v) is 5.88. The number of thiophene rings is 1. The molecule has 0 spiro atoms. The number of rotatable bonds is 4. The first-order valence-electron chi connectivity index (χ1n) is 9.23. The fraction of sp³-hybridized carbons (Fsp3) is 0.350. The molecular formula is C20H21N3O4S. The lowest BCUT2D eigenvalue weighted by molar-refractivity contribution is 0.0531. The molecule has 28 heavy (non-hydrogen) atoms. The molecule has 1 saturated heterocycles. The van der Waals surface area contributed by atoms with Crippen molar-refractivity contribution in [3.05, 3.63) is 51.1 Å². The van der Waals surface area contributed by atoms with Gasteiger partial charge in [-0.3, -0.25) is 4.79 Å². The van der Waals surface area contributed by atoms with Crippen LogP contribution in [0.4, 0.5) is 5.95 Å². The maximum atomic E-state index is 13.5. The van der Waals surface area contributed by atoms with Crippen LogP contribution in [0.25, 0.3) is 15.9 Å². The normalized spacial score (nSPS) is 14.4. The van der Waals surface area contributed by atoms with Gasteiger partial charge in [0.25, 0.3) is 5.56 Å². The second kappa shape index (κ2) is 7.73. The number of carbonyl (C=O) groups is 1. The number of nitrogens with zero attached hydrogens (tertiary/aromatic N) is 3. The minimum absolute atomic E-state index is 0.179. The predicted octanol–water partition coefficient (Wildman–Crippen LogP) is 2.77. The lowest BCUT2D eigenvalue weighted by Gasteiger charge is -2.29. The quantitative estimate of drug-likeness (QED) is 0.628. The number of benzene rings is 1. The summed E-state index contributed by atoms with van der Waals surface area (Å²) in [7, 11) is 0. The zero-order valence-corrected chi connectivity index (χ0v) is 16.6. The molecule has 1 aliphatic rings. The fourth-order valence-corrected chi connectivity index (χ4v) is 4.41. The minimum Gasteiger partial charge on any atom is -0.462 e. The number of fused-ring (bicyclic) bond motifs is 1. The average molecular weight is 399 g/mol. The van der Waals surface area contributed by atoms with Crippen LogP contribution in [0, 0.1) is 6.92 Å². The van der Waals surface area contributed by atoms with Gasteiger partial charge in [-0.2, -0.15) is 0 Å². The van der Waals surface area contributed by atoms with Crippen molar-refractivity contribution in [1.29, 1.82) is 0 Å². The summed E-state index contributed by atoms with van der Waals surface area (Å²) in [6.07, 6.45) is 0. The van der Waals surface area contributed by atoms with E-state index in [1.54, 1.807) is 18.4 Å². The maximum absolute atomic E-state index is 13.5. The first kappa shape index (κ1) is 18.6. The summed E-state index contributed by atoms with van der Waals surface area (Å²) in [5.41, 5.74) is 1.18. The van der Waals surface area contributed by atoms with Gasteiger partial charge in [-0.05, 0) is 31.5 Å². The number of carbonyl (C=O) groups excluding carboxylic acids is 1. The monoisotopic (exact) mass is 399 g/mol. The van der Waals surface area contributed by atoms with E-state index in [4.69, 9.17) is 14.5 Å². The molecule has 3 aromatic rings. The summed E-state index contributed by atoms with van der Waals surface area (Å²) < 4.78 is 12.2. The van der Waals surface area contributed by atoms with E-state index in [1.807, 2.05) is 30.3 Å². The molecule has 0 bridgehead atoms. The van der Waals surface area contributed by atoms with Crippen LogP contribution in [-0.4, -0.2) is 48.4 Å². The number of ether oxygens (including phenoxy) is 2. The second-order valence-electron chi connectivity index (χ2n) is 6.44. The van der Waals surface area contributed by atoms with Gasteiger partial charge in [0.05, 0.1) is 30.9 Å². The van der Waals surface area contributed by atoms with Crippen molar-refractivity contribution in [3.63, 3.8) is 0 Å². The SMILES string of the molecule is CCOC(=O)c1sc2nc(N3CCOCC3)n(-c3ccccc3)c(=O)c2c1C. The Balaban J connectivity index is 1.98. The van der Waals surface area contributed by atoms with Gasteiger partial charge in [-0.15, -0.1) is 11.3 Å². The summed E-state index contributed by atoms with van der Waals surface area (Å²) in [6.45, 7) is 6.29. The highest BCUT2D eigenvalue weighted by molar-refractivity contribution is 7.20. The number of esters is 1. The number of anilines is 1. The van der Waals surface area contributed by atoms with Crippen LogP contribution in [0.2, 0.25) is 0 Å². The second-order valence-corrected chi connectivity index (χ2v) is 7.44. The lowest BCUT2D eigenvalue weighted by atomic mass is 10.2. The van der Waals surface area contributed by atoms with Gasteiger partial charge in [0, 0.05) is 13.1 Å². The van der Waals surface area contributed by atoms with E-state index >= 15 is 0 Å². The molecule has 0 saturated carbocycles. The molecule has 3 heterocycles. The number of para-hydroxylation sites is 1. The van der Waals surface area contributed by atoms with Crippen LogP contribution in [0.15, 0.2) is 35.1 Å². The van der Waals surface area contributed by atoms with Crippen molar-refractivity contribution in [3.8, 4) is 5.69 Å². The smallest absolute Gasteiger partial charge is 0.348 e. The van der Waals surface area contributed by atoms with E-state index in [1.165, 1.54) is 11.3 Å². The van der Waals surface area contributed by atoms with Crippen LogP contribution in [0.1, 0.15) is 22.2 Å². The van der Waals surface area contributed by atoms with Crippen LogP contribution < -0.4 is 10.5 Å². The molecule has 1 aliphatic heterocycles. The van der Waals surface area contributed by atoms with Gasteiger partial charge in [-0.25, -0.2) is 14.3 Å². The largest absolute Gasteiger partial charge is 0.462 e. The summed E-state index contributed by atoms with van der Waals surface area (Å²) in [6, 6.07) is 9.45. The summed E-state index contributed by atoms with van der Waals surface area (Å²) in [5, 5.41) is 0.467. The van der Waals surface area contributed by atoms with E-state index in [9.17, 15) is 9.59 Å². The minimum atomic E-state index is -0.415. The zero-order valence-electron chi connectivity index (χ0n) is 15.8. The predicted molar refractivity (Wildman–Crippen MR) is 109 cm³/mol. The molecule has 0 amide bonds. The highest BCUT2D eigenvalue weighted by Gasteiger charge is 2.25. The van der Waals surface area contributed by atoms with Crippen molar-refractivity contribution in [2.75, 3.05) is 37.8 Å². The van der Waals surface area contributed by atoms with Gasteiger partial charge in [-0.1, -0.05) is 18.2 Å². The van der Waals surface area contributed by atoms with Crippen molar-refractivity contribution in [2.45, 2.75) is 13.8 Å². The number of hydrogen-bond donors (Lipinski definition) is 0. The van der Waals surface area contributed by atoms with Crippen molar-refractivity contribution < 1.29 is 14.3 Å². The first-order chi connectivity index (χ1) is 13.6. The van der Waals surface area contributed by atoms with E-state index in [0.29, 0.717) is 52.9 Å². The maximum Gasteiger partial charge on any atom is 0.348 e. The Morgan fingerprint density at radius 2 is 1.96 bits per heavy atom. The van der Waals surface area contributed by atoms with Gasteiger partial charge in [0.2, 0.25) is 5.95 Å². The topological polar surface area (TPSA) is 73.7 Å². The standard InChI is InChI=1S/C20H21N3O4S/c1-3-27-19(25)16-13(2)15-17(28-16)21-20(22-9-11-26-12-10-22)23(18(15)24)14-7-5-4-6-8-14/h4-8H,3,9-12H2,1-2H3. The Labute approximate surface area is 166 Å². The molecule has 146 valence electrons. The van der Waals surface area contributed by atoms with E-state index < -0.39 is 5.97 Å². The molecule has 0 aliphatic carbocycles. The van der Waals surface area contributed by atoms with E-state index in [2.05, 4.69) is 4.90 Å². The molecule has 0 atom stereocenters. The highest BCUT2D eigenvalue weighted by Crippen LogP contribution is 2.30. The molecule has 1 fully saturated rings. The van der Waals surface area contributed by atoms with Crippen LogP contribution in [0.5, 0.6) is 0 Å². The number of aromatic nitrogens is 2. The van der Waals surface area contributed by atoms with Gasteiger partial charge >= 0.3 is 5.97 Å². The number of hydrogen-bond acceptors (Lipinski definition) is 7. The molecule has 0 unspecified atom stereocenters. The van der Waals surface area contributed by atoms with Crippen molar-refractivity contribution >= 4 is 33.5 Å². The van der Waals surface area contributed by atoms with E-state index in [0.717, 1.165) is 5.69 Å². The molecule has 4 rings (SSSR count). The van der Waals surface area contributed by atoms with Gasteiger partial charge in [0.15, 0.2) is 0 Å². The number of morpholine rings is 1. The summed E-state index contributed by atoms with van der Waals surface area (Å²) in [4.78, 5) is 33.7. The van der Waals surface area contributed by atoms with Crippen molar-refractivity contribution in [1.82, 2.24) is 9.55 Å². The van der Waals surface area contributed by atoms with Crippen LogP contribution >= 0.6 is 11.3 Å². The first-order valence-corrected chi connectivity index (χ1v) is 10.0. The molecule has 2 aromatic heterocycles. The van der Waals surface area contributed by atoms with Crippen LogP contribution in [-0.2, 0) is 9.47 Å². The fourth-order valence-electron chi connectivity index (χ4n) is 3.35. The third-order valence-electron chi connectivity index (χ3n) is 4.72. The van der Waals surface area contributed by atoms with Crippen molar-refractivity contribution in [2.24, 2.45) is 0 Å². The molecule has 1 aromatic carbocycles. The molecule has 7 nitrogen and oxygen atoms in total. The average Bonchev–Trinajstić information content (AvgIpc) is 3.06. The Morgan fingerprint density at radius 1 is 1.25 bits per heavy atom. The Hall–Kier alpha value is -2.71. The Morgan fingerprint density at radius 3 is 2.64 bits per heavy atom. The molecule has 0 N–H and O–H groups in total. The zero-order chi connectivity index (χ0) is 19.7. The molecule has 8 heteroatoms. The van der Waals surface area contributed by atoms with E-state index in [-0.39, 0.29) is 12.2 Å². The Bertz CT molecular complexity index is 1070. The van der Waals surface area contributed by atoms with Gasteiger partial charge < -0.3 is 14.4 Å². The lowest BCUT2D eigenvalue weighted by Crippen LogP contribution is -2.40. The Kier molecular flexibility index (Phi) is 5.15. The molecular weight excluding hydrogens is 378 g/mol. The van der Waals surface area contributed by atoms with Gasteiger partial charge in [0.1, 0.15) is 9.71 Å². The van der Waals surface area contributed by atoms with Crippen LogP contribution in [0.3, 0.4) is 0 Å². The summed E-state index contributed by atoms with van der Waals surface area (Å²) >= 11 is 1.21. The summed E-state index contributed by atoms with van der Waals surface area (Å²) in [5.74, 6) is 0.158. The third kappa shape index (κ3) is 3.18. The number of aryl methyl sites for hydroxylation is 1.